The Labute approximate surface area is 142 Å². The van der Waals surface area contributed by atoms with Crippen molar-refractivity contribution in [2.75, 3.05) is 0 Å². The van der Waals surface area contributed by atoms with Gasteiger partial charge in [0.25, 0.3) is 5.91 Å². The van der Waals surface area contributed by atoms with Crippen LogP contribution >= 0.6 is 0 Å². The van der Waals surface area contributed by atoms with Gasteiger partial charge in [0.1, 0.15) is 5.75 Å². The molecule has 0 fully saturated rings. The zero-order chi connectivity index (χ0) is 16.9. The van der Waals surface area contributed by atoms with E-state index in [2.05, 4.69) is 23.5 Å². The number of carbonyl (C=O) groups excluding carboxylic acids is 1. The fraction of sp³-hybridized carbons (Fsp3) is 0.190. The average molecular weight is 319 g/mol. The van der Waals surface area contributed by atoms with Crippen molar-refractivity contribution in [1.82, 2.24) is 5.32 Å². The van der Waals surface area contributed by atoms with Gasteiger partial charge in [-0.15, -0.1) is 0 Å². The molecule has 3 rings (SSSR count). The molecule has 0 unspecified atom stereocenters. The number of fused-ring (bicyclic) bond motifs is 1. The van der Waals surface area contributed by atoms with E-state index in [9.17, 15) is 4.79 Å². The first-order chi connectivity index (χ1) is 11.6. The first-order valence-electron chi connectivity index (χ1n) is 8.11. The number of nitrogens with one attached hydrogen (secondary N) is 1. The van der Waals surface area contributed by atoms with Crippen molar-refractivity contribution in [3.8, 4) is 5.75 Å². The maximum absolute atomic E-state index is 12.3. The lowest BCUT2D eigenvalue weighted by Gasteiger charge is -2.15. The first-order valence-corrected chi connectivity index (χ1v) is 8.11. The van der Waals surface area contributed by atoms with Gasteiger partial charge in [-0.25, -0.2) is 0 Å². The van der Waals surface area contributed by atoms with E-state index in [4.69, 9.17) is 4.74 Å². The highest BCUT2D eigenvalue weighted by atomic mass is 16.5. The van der Waals surface area contributed by atoms with Gasteiger partial charge in [0, 0.05) is 6.54 Å². The van der Waals surface area contributed by atoms with Crippen molar-refractivity contribution in [2.24, 2.45) is 0 Å². The van der Waals surface area contributed by atoms with E-state index in [-0.39, 0.29) is 5.91 Å². The zero-order valence-corrected chi connectivity index (χ0v) is 14.0. The highest BCUT2D eigenvalue weighted by Crippen LogP contribution is 2.18. The second kappa shape index (κ2) is 7.18. The van der Waals surface area contributed by atoms with Crippen molar-refractivity contribution < 1.29 is 9.53 Å². The number of hydrogen-bond donors (Lipinski definition) is 1. The highest BCUT2D eigenvalue weighted by Gasteiger charge is 2.14. The summed E-state index contributed by atoms with van der Waals surface area (Å²) < 4.78 is 5.69. The number of benzene rings is 3. The Hall–Kier alpha value is -2.81. The van der Waals surface area contributed by atoms with E-state index in [1.54, 1.807) is 6.92 Å². The van der Waals surface area contributed by atoms with Crippen LogP contribution in [-0.2, 0) is 11.3 Å². The van der Waals surface area contributed by atoms with Crippen LogP contribution in [0.5, 0.6) is 5.75 Å². The van der Waals surface area contributed by atoms with E-state index in [1.165, 1.54) is 5.39 Å². The number of ether oxygens (including phenoxy) is 1. The Kier molecular flexibility index (Phi) is 4.80. The van der Waals surface area contributed by atoms with Crippen molar-refractivity contribution in [2.45, 2.75) is 26.5 Å². The van der Waals surface area contributed by atoms with Crippen molar-refractivity contribution in [1.29, 1.82) is 0 Å². The fourth-order valence-electron chi connectivity index (χ4n) is 2.65. The molecule has 0 saturated heterocycles. The van der Waals surface area contributed by atoms with E-state index in [1.807, 2.05) is 55.5 Å². The molecule has 0 bridgehead atoms. The summed E-state index contributed by atoms with van der Waals surface area (Å²) in [6, 6.07) is 22.0. The third-order valence-electron chi connectivity index (χ3n) is 4.04. The molecule has 3 aromatic carbocycles. The third-order valence-corrected chi connectivity index (χ3v) is 4.04. The minimum atomic E-state index is -0.539. The molecule has 24 heavy (non-hydrogen) atoms. The second-order valence-corrected chi connectivity index (χ2v) is 5.93. The smallest absolute Gasteiger partial charge is 0.261 e. The summed E-state index contributed by atoms with van der Waals surface area (Å²) in [7, 11) is 0. The van der Waals surface area contributed by atoms with Crippen molar-refractivity contribution >= 4 is 16.7 Å². The van der Waals surface area contributed by atoms with Crippen LogP contribution in [-0.4, -0.2) is 12.0 Å². The monoisotopic (exact) mass is 319 g/mol. The predicted molar refractivity (Wildman–Crippen MR) is 97.1 cm³/mol. The van der Waals surface area contributed by atoms with E-state index in [0.717, 1.165) is 16.5 Å². The molecule has 1 atom stereocenters. The number of aryl methyl sites for hydroxylation is 1. The molecule has 3 aromatic rings. The Morgan fingerprint density at radius 3 is 2.50 bits per heavy atom. The Balaban J connectivity index is 1.63. The van der Waals surface area contributed by atoms with E-state index < -0.39 is 6.10 Å². The van der Waals surface area contributed by atoms with Crippen molar-refractivity contribution in [3.63, 3.8) is 0 Å². The molecule has 3 heteroatoms. The topological polar surface area (TPSA) is 38.3 Å². The van der Waals surface area contributed by atoms with Crippen LogP contribution in [0.2, 0.25) is 0 Å². The van der Waals surface area contributed by atoms with Gasteiger partial charge in [0.15, 0.2) is 6.10 Å². The van der Waals surface area contributed by atoms with Gasteiger partial charge in [0.2, 0.25) is 0 Å². The summed E-state index contributed by atoms with van der Waals surface area (Å²) >= 11 is 0. The van der Waals surface area contributed by atoms with Crippen LogP contribution in [0.15, 0.2) is 66.7 Å². The standard InChI is InChI=1S/C21H21NO2/c1-15-10-12-19(13-11-15)24-16(2)21(23)22-14-18-8-5-7-17-6-3-4-9-20(17)18/h3-13,16H,14H2,1-2H3,(H,22,23)/t16-/m0/s1. The molecule has 3 nitrogen and oxygen atoms in total. The van der Waals surface area contributed by atoms with Crippen LogP contribution in [0.1, 0.15) is 18.1 Å². The van der Waals surface area contributed by atoms with Crippen LogP contribution < -0.4 is 10.1 Å². The average Bonchev–Trinajstić information content (AvgIpc) is 2.61. The zero-order valence-electron chi connectivity index (χ0n) is 14.0. The Morgan fingerprint density at radius 2 is 1.71 bits per heavy atom. The summed E-state index contributed by atoms with van der Waals surface area (Å²) in [5, 5.41) is 5.29. The largest absolute Gasteiger partial charge is 0.481 e. The third kappa shape index (κ3) is 3.74. The number of carbonyl (C=O) groups is 1. The summed E-state index contributed by atoms with van der Waals surface area (Å²) in [6.45, 7) is 4.27. The summed E-state index contributed by atoms with van der Waals surface area (Å²) in [4.78, 5) is 12.3. The molecule has 1 amide bonds. The van der Waals surface area contributed by atoms with Crippen molar-refractivity contribution in [3.05, 3.63) is 77.9 Å². The molecule has 0 aliphatic carbocycles. The van der Waals surface area contributed by atoms with Gasteiger partial charge in [-0.2, -0.15) is 0 Å². The quantitative estimate of drug-likeness (QED) is 0.764. The van der Waals surface area contributed by atoms with Crippen LogP contribution in [0, 0.1) is 6.92 Å². The van der Waals surface area contributed by atoms with Crippen LogP contribution in [0.25, 0.3) is 10.8 Å². The number of amides is 1. The lowest BCUT2D eigenvalue weighted by molar-refractivity contribution is -0.127. The van der Waals surface area contributed by atoms with Crippen LogP contribution in [0.4, 0.5) is 0 Å². The SMILES string of the molecule is Cc1ccc(O[C@@H](C)C(=O)NCc2cccc3ccccc23)cc1. The van der Waals surface area contributed by atoms with E-state index >= 15 is 0 Å². The molecule has 0 spiro atoms. The van der Waals surface area contributed by atoms with E-state index in [0.29, 0.717) is 12.3 Å². The summed E-state index contributed by atoms with van der Waals surface area (Å²) in [6.07, 6.45) is -0.539. The minimum Gasteiger partial charge on any atom is -0.481 e. The maximum Gasteiger partial charge on any atom is 0.261 e. The number of rotatable bonds is 5. The normalized spacial score (nSPS) is 11.9. The lowest BCUT2D eigenvalue weighted by atomic mass is 10.0. The minimum absolute atomic E-state index is 0.122. The van der Waals surface area contributed by atoms with Gasteiger partial charge >= 0.3 is 0 Å². The summed E-state index contributed by atoms with van der Waals surface area (Å²) in [5.41, 5.74) is 2.26. The molecule has 0 aliphatic rings. The molecule has 122 valence electrons. The van der Waals surface area contributed by atoms with Gasteiger partial charge in [-0.1, -0.05) is 60.2 Å². The molecule has 0 saturated carbocycles. The number of hydrogen-bond acceptors (Lipinski definition) is 2. The Bertz CT molecular complexity index is 835. The second-order valence-electron chi connectivity index (χ2n) is 5.93. The Morgan fingerprint density at radius 1 is 1.00 bits per heavy atom. The van der Waals surface area contributed by atoms with Gasteiger partial charge in [0.05, 0.1) is 0 Å². The molecule has 0 radical (unpaired) electrons. The van der Waals surface area contributed by atoms with Gasteiger partial charge < -0.3 is 10.1 Å². The first kappa shape index (κ1) is 16.1. The molecule has 1 N–H and O–H groups in total. The predicted octanol–water partition coefficient (Wildman–Crippen LogP) is 4.23. The highest BCUT2D eigenvalue weighted by molar-refractivity contribution is 5.86. The molecule has 0 heterocycles. The maximum atomic E-state index is 12.3. The van der Waals surface area contributed by atoms with Crippen LogP contribution in [0.3, 0.4) is 0 Å². The molecule has 0 aliphatic heterocycles. The molecular formula is C21H21NO2. The molecule has 0 aromatic heterocycles. The van der Waals surface area contributed by atoms with Gasteiger partial charge in [-0.05, 0) is 42.3 Å². The fourth-order valence-corrected chi connectivity index (χ4v) is 2.65. The molecular weight excluding hydrogens is 298 g/mol. The lowest BCUT2D eigenvalue weighted by Crippen LogP contribution is -2.35. The summed E-state index contributed by atoms with van der Waals surface area (Å²) in [5.74, 6) is 0.580. The van der Waals surface area contributed by atoms with Gasteiger partial charge in [-0.3, -0.25) is 4.79 Å².